The maximum Gasteiger partial charge on any atom is 0.124 e. The molecule has 4 rings (SSSR count). The molecule has 0 spiro atoms. The Morgan fingerprint density at radius 2 is 1.59 bits per heavy atom. The summed E-state index contributed by atoms with van der Waals surface area (Å²) >= 11 is 7.62. The Morgan fingerprint density at radius 1 is 0.818 bits per heavy atom. The summed E-state index contributed by atoms with van der Waals surface area (Å²) in [5.41, 5.74) is 3.26. The number of rotatable bonds is 2. The zero-order valence-electron chi connectivity index (χ0n) is 11.7. The molecule has 0 saturated heterocycles. The third-order valence-electron chi connectivity index (χ3n) is 3.66. The first-order chi connectivity index (χ1) is 10.8. The lowest BCUT2D eigenvalue weighted by molar-refractivity contribution is 1.41. The van der Waals surface area contributed by atoms with Crippen LogP contribution in [0.15, 0.2) is 72.1 Å². The molecule has 0 radical (unpaired) electrons. The van der Waals surface area contributed by atoms with Gasteiger partial charge in [0.05, 0.1) is 5.69 Å². The Kier molecular flexibility index (Phi) is 3.41. The number of halogens is 1. The molecule has 0 fully saturated rings. The summed E-state index contributed by atoms with van der Waals surface area (Å²) in [6.07, 6.45) is 0. The highest BCUT2D eigenvalue weighted by Gasteiger charge is 2.09. The van der Waals surface area contributed by atoms with Crippen LogP contribution in [0, 0.1) is 0 Å². The van der Waals surface area contributed by atoms with Crippen LogP contribution >= 0.6 is 22.9 Å². The molecule has 0 aliphatic carbocycles. The number of thiazole rings is 1. The van der Waals surface area contributed by atoms with E-state index in [9.17, 15) is 0 Å². The number of aromatic nitrogens is 1. The van der Waals surface area contributed by atoms with Gasteiger partial charge in [0.2, 0.25) is 0 Å². The minimum Gasteiger partial charge on any atom is -0.236 e. The average molecular weight is 322 g/mol. The average Bonchev–Trinajstić information content (AvgIpc) is 3.05. The van der Waals surface area contributed by atoms with Crippen LogP contribution in [0.1, 0.15) is 0 Å². The Hall–Kier alpha value is -2.16. The second kappa shape index (κ2) is 5.56. The van der Waals surface area contributed by atoms with Crippen molar-refractivity contribution < 1.29 is 0 Å². The molecule has 1 heterocycles. The van der Waals surface area contributed by atoms with E-state index in [0.29, 0.717) is 0 Å². The number of nitrogens with zero attached hydrogens (tertiary/aromatic N) is 1. The maximum absolute atomic E-state index is 5.95. The largest absolute Gasteiger partial charge is 0.236 e. The van der Waals surface area contributed by atoms with Crippen molar-refractivity contribution >= 4 is 33.7 Å². The van der Waals surface area contributed by atoms with Crippen LogP contribution in [-0.2, 0) is 0 Å². The van der Waals surface area contributed by atoms with Crippen LogP contribution in [0.5, 0.6) is 0 Å². The number of hydrogen-bond donors (Lipinski definition) is 0. The monoisotopic (exact) mass is 321 g/mol. The minimum atomic E-state index is 0.744. The van der Waals surface area contributed by atoms with E-state index in [0.717, 1.165) is 21.3 Å². The molecule has 0 aliphatic heterocycles. The zero-order valence-corrected chi connectivity index (χ0v) is 13.2. The van der Waals surface area contributed by atoms with Gasteiger partial charge in [-0.25, -0.2) is 4.98 Å². The van der Waals surface area contributed by atoms with Crippen molar-refractivity contribution in [1.29, 1.82) is 0 Å². The first-order valence-corrected chi connectivity index (χ1v) is 8.27. The van der Waals surface area contributed by atoms with E-state index in [1.807, 2.05) is 24.3 Å². The number of fused-ring (bicyclic) bond motifs is 1. The first kappa shape index (κ1) is 13.5. The summed E-state index contributed by atoms with van der Waals surface area (Å²) in [5, 5.41) is 6.36. The molecule has 0 bridgehead atoms. The summed E-state index contributed by atoms with van der Waals surface area (Å²) in [4.78, 5) is 4.81. The van der Waals surface area contributed by atoms with E-state index < -0.39 is 0 Å². The Labute approximate surface area is 137 Å². The lowest BCUT2D eigenvalue weighted by Gasteiger charge is -2.03. The second-order valence-corrected chi connectivity index (χ2v) is 6.37. The molecule has 3 heteroatoms. The van der Waals surface area contributed by atoms with Gasteiger partial charge in [0, 0.05) is 21.5 Å². The van der Waals surface area contributed by atoms with Crippen LogP contribution in [0.2, 0.25) is 5.02 Å². The van der Waals surface area contributed by atoms with Crippen LogP contribution in [0.3, 0.4) is 0 Å². The summed E-state index contributed by atoms with van der Waals surface area (Å²) in [6, 6.07) is 22.6. The fourth-order valence-corrected chi connectivity index (χ4v) is 3.56. The van der Waals surface area contributed by atoms with Crippen LogP contribution in [0.4, 0.5) is 0 Å². The van der Waals surface area contributed by atoms with Crippen molar-refractivity contribution in [2.45, 2.75) is 0 Å². The maximum atomic E-state index is 5.95. The lowest BCUT2D eigenvalue weighted by Crippen LogP contribution is -1.81. The SMILES string of the molecule is Clc1ccc(-c2csc(-c3cccc4ccccc34)n2)cc1. The summed E-state index contributed by atoms with van der Waals surface area (Å²) in [7, 11) is 0. The number of hydrogen-bond acceptors (Lipinski definition) is 2. The highest BCUT2D eigenvalue weighted by molar-refractivity contribution is 7.13. The molecule has 0 unspecified atom stereocenters. The van der Waals surface area contributed by atoms with E-state index in [2.05, 4.69) is 47.8 Å². The molecule has 1 nitrogen and oxygen atoms in total. The second-order valence-electron chi connectivity index (χ2n) is 5.07. The van der Waals surface area contributed by atoms with Gasteiger partial charge < -0.3 is 0 Å². The van der Waals surface area contributed by atoms with E-state index in [1.165, 1.54) is 16.3 Å². The van der Waals surface area contributed by atoms with Gasteiger partial charge in [0.15, 0.2) is 0 Å². The molecule has 0 atom stereocenters. The summed E-state index contributed by atoms with van der Waals surface area (Å²) in [6.45, 7) is 0. The van der Waals surface area contributed by atoms with E-state index in [4.69, 9.17) is 16.6 Å². The van der Waals surface area contributed by atoms with Crippen molar-refractivity contribution in [1.82, 2.24) is 4.98 Å². The molecule has 3 aromatic carbocycles. The van der Waals surface area contributed by atoms with Gasteiger partial charge >= 0.3 is 0 Å². The van der Waals surface area contributed by atoms with Crippen LogP contribution < -0.4 is 0 Å². The molecule has 106 valence electrons. The van der Waals surface area contributed by atoms with E-state index in [1.54, 1.807) is 11.3 Å². The van der Waals surface area contributed by atoms with Crippen molar-refractivity contribution in [3.63, 3.8) is 0 Å². The fourth-order valence-electron chi connectivity index (χ4n) is 2.56. The summed E-state index contributed by atoms with van der Waals surface area (Å²) < 4.78 is 0. The van der Waals surface area contributed by atoms with Crippen LogP contribution in [0.25, 0.3) is 32.6 Å². The molecular weight excluding hydrogens is 310 g/mol. The zero-order chi connectivity index (χ0) is 14.9. The molecular formula is C19H12ClNS. The third kappa shape index (κ3) is 2.41. The molecule has 0 aliphatic rings. The molecule has 1 aromatic heterocycles. The van der Waals surface area contributed by atoms with Crippen molar-refractivity contribution in [3.05, 3.63) is 77.1 Å². The normalized spacial score (nSPS) is 11.0. The molecule has 0 saturated carbocycles. The highest BCUT2D eigenvalue weighted by Crippen LogP contribution is 2.33. The standard InChI is InChI=1S/C19H12ClNS/c20-15-10-8-14(9-11-15)18-12-22-19(21-18)17-7-3-5-13-4-1-2-6-16(13)17/h1-12H. The van der Waals surface area contributed by atoms with Gasteiger partial charge in [0.25, 0.3) is 0 Å². The van der Waals surface area contributed by atoms with Gasteiger partial charge in [0.1, 0.15) is 5.01 Å². The number of benzene rings is 3. The van der Waals surface area contributed by atoms with Gasteiger partial charge in [-0.2, -0.15) is 0 Å². The Morgan fingerprint density at radius 3 is 2.45 bits per heavy atom. The quantitative estimate of drug-likeness (QED) is 0.423. The first-order valence-electron chi connectivity index (χ1n) is 7.01. The molecule has 0 amide bonds. The van der Waals surface area contributed by atoms with Crippen molar-refractivity contribution in [2.75, 3.05) is 0 Å². The Bertz CT molecular complexity index is 936. The van der Waals surface area contributed by atoms with Gasteiger partial charge in [-0.3, -0.25) is 0 Å². The predicted octanol–water partition coefficient (Wildman–Crippen LogP) is 6.28. The van der Waals surface area contributed by atoms with Gasteiger partial charge in [-0.05, 0) is 22.9 Å². The van der Waals surface area contributed by atoms with Gasteiger partial charge in [-0.1, -0.05) is 66.2 Å². The highest BCUT2D eigenvalue weighted by atomic mass is 35.5. The third-order valence-corrected chi connectivity index (χ3v) is 4.79. The molecule has 22 heavy (non-hydrogen) atoms. The Balaban J connectivity index is 1.82. The predicted molar refractivity (Wildman–Crippen MR) is 95.5 cm³/mol. The van der Waals surface area contributed by atoms with Crippen molar-refractivity contribution in [2.24, 2.45) is 0 Å². The lowest BCUT2D eigenvalue weighted by atomic mass is 10.1. The topological polar surface area (TPSA) is 12.9 Å². The van der Waals surface area contributed by atoms with Gasteiger partial charge in [-0.15, -0.1) is 11.3 Å². The fraction of sp³-hybridized carbons (Fsp3) is 0. The van der Waals surface area contributed by atoms with E-state index >= 15 is 0 Å². The molecule has 0 N–H and O–H groups in total. The minimum absolute atomic E-state index is 0.744. The smallest absolute Gasteiger partial charge is 0.124 e. The summed E-state index contributed by atoms with van der Waals surface area (Å²) in [5.74, 6) is 0. The van der Waals surface area contributed by atoms with Crippen LogP contribution in [-0.4, -0.2) is 4.98 Å². The molecule has 4 aromatic rings. The van der Waals surface area contributed by atoms with Crippen molar-refractivity contribution in [3.8, 4) is 21.8 Å². The van der Waals surface area contributed by atoms with E-state index in [-0.39, 0.29) is 0 Å².